The minimum Gasteiger partial charge on any atom is -0.462 e. The highest BCUT2D eigenvalue weighted by Gasteiger charge is 2.19. The van der Waals surface area contributed by atoms with E-state index in [0.717, 1.165) is 96.3 Å². The summed E-state index contributed by atoms with van der Waals surface area (Å²) in [5.41, 5.74) is 0. The van der Waals surface area contributed by atoms with Crippen molar-refractivity contribution in [3.8, 4) is 0 Å². The number of unbranched alkanes of at least 4 members (excludes halogenated alkanes) is 29. The number of allylic oxidation sites excluding steroid dienone is 6. The van der Waals surface area contributed by atoms with E-state index in [1.54, 1.807) is 0 Å². The Kier molecular flexibility index (Phi) is 46.4. The topological polar surface area (TPSA) is 78.9 Å². The van der Waals surface area contributed by atoms with Crippen molar-refractivity contribution in [3.05, 3.63) is 36.5 Å². The fraction of sp³-hybridized carbons (Fsp3) is 0.830. The first kappa shape index (κ1) is 56.6. The molecule has 0 bridgehead atoms. The first-order chi connectivity index (χ1) is 29.0. The zero-order valence-electron chi connectivity index (χ0n) is 39.3. The Hall–Kier alpha value is -2.37. The molecule has 6 heteroatoms. The molecule has 0 spiro atoms. The standard InChI is InChI=1S/C53H96O6/c1-4-7-10-13-16-19-22-24-26-28-29-31-34-37-40-43-46-52(55)58-49-50(48-57-51(54)45-42-39-36-33-21-18-15-12-9-6-3)59-53(56)47-44-41-38-35-32-30-27-25-23-20-17-14-11-8-5-2/h12,15,17,20,25,27,50H,4-11,13-14,16,18-19,21-24,26,28-49H2,1-3H3/b15-12-,20-17-,27-25-. The Balaban J connectivity index is 4.34. The van der Waals surface area contributed by atoms with Crippen molar-refractivity contribution in [3.63, 3.8) is 0 Å². The summed E-state index contributed by atoms with van der Waals surface area (Å²) < 4.78 is 16.8. The van der Waals surface area contributed by atoms with E-state index in [0.29, 0.717) is 19.3 Å². The van der Waals surface area contributed by atoms with Gasteiger partial charge in [0.1, 0.15) is 13.2 Å². The fourth-order valence-corrected chi connectivity index (χ4v) is 7.24. The maximum atomic E-state index is 12.8. The molecule has 0 rings (SSSR count). The van der Waals surface area contributed by atoms with Crippen molar-refractivity contribution < 1.29 is 28.6 Å². The van der Waals surface area contributed by atoms with Crippen molar-refractivity contribution in [2.24, 2.45) is 0 Å². The molecule has 0 aliphatic heterocycles. The third kappa shape index (κ3) is 46.5. The molecule has 0 aliphatic rings. The van der Waals surface area contributed by atoms with Gasteiger partial charge in [0.15, 0.2) is 6.10 Å². The monoisotopic (exact) mass is 829 g/mol. The van der Waals surface area contributed by atoms with E-state index in [4.69, 9.17) is 14.2 Å². The van der Waals surface area contributed by atoms with Gasteiger partial charge in [-0.05, 0) is 70.6 Å². The van der Waals surface area contributed by atoms with Gasteiger partial charge in [0.2, 0.25) is 0 Å². The number of rotatable bonds is 46. The van der Waals surface area contributed by atoms with Crippen LogP contribution in [0.4, 0.5) is 0 Å². The quantitative estimate of drug-likeness (QED) is 0.0263. The lowest BCUT2D eigenvalue weighted by atomic mass is 10.0. The predicted molar refractivity (Wildman–Crippen MR) is 252 cm³/mol. The van der Waals surface area contributed by atoms with E-state index in [-0.39, 0.29) is 31.1 Å². The van der Waals surface area contributed by atoms with Crippen LogP contribution in [0.1, 0.15) is 265 Å². The molecule has 0 heterocycles. The van der Waals surface area contributed by atoms with Gasteiger partial charge in [-0.2, -0.15) is 0 Å². The normalized spacial score (nSPS) is 12.3. The Bertz CT molecular complexity index is 1000. The van der Waals surface area contributed by atoms with Crippen LogP contribution in [0.15, 0.2) is 36.5 Å². The zero-order valence-corrected chi connectivity index (χ0v) is 39.3. The van der Waals surface area contributed by atoms with Crippen molar-refractivity contribution in [1.29, 1.82) is 0 Å². The highest BCUT2D eigenvalue weighted by Crippen LogP contribution is 2.15. The minimum atomic E-state index is -0.778. The Labute approximate surface area is 365 Å². The molecule has 59 heavy (non-hydrogen) atoms. The highest BCUT2D eigenvalue weighted by atomic mass is 16.6. The van der Waals surface area contributed by atoms with Gasteiger partial charge in [-0.1, -0.05) is 211 Å². The number of hydrogen-bond acceptors (Lipinski definition) is 6. The maximum Gasteiger partial charge on any atom is 0.306 e. The van der Waals surface area contributed by atoms with E-state index in [1.165, 1.54) is 128 Å². The van der Waals surface area contributed by atoms with E-state index >= 15 is 0 Å². The lowest BCUT2D eigenvalue weighted by molar-refractivity contribution is -0.167. The average Bonchev–Trinajstić information content (AvgIpc) is 3.23. The molecular formula is C53H96O6. The number of carbonyl (C=O) groups excluding carboxylic acids is 3. The molecule has 0 fully saturated rings. The summed E-state index contributed by atoms with van der Waals surface area (Å²) in [7, 11) is 0. The number of carbonyl (C=O) groups is 3. The maximum absolute atomic E-state index is 12.8. The van der Waals surface area contributed by atoms with E-state index in [1.807, 2.05) is 0 Å². The predicted octanol–water partition coefficient (Wildman–Crippen LogP) is 16.5. The molecule has 1 atom stereocenters. The van der Waals surface area contributed by atoms with Crippen LogP contribution in [0.5, 0.6) is 0 Å². The molecular weight excluding hydrogens is 733 g/mol. The second kappa shape index (κ2) is 48.3. The second-order valence-corrected chi connectivity index (χ2v) is 17.1. The van der Waals surface area contributed by atoms with Crippen molar-refractivity contribution in [2.75, 3.05) is 13.2 Å². The summed E-state index contributed by atoms with van der Waals surface area (Å²) in [4.78, 5) is 37.9. The summed E-state index contributed by atoms with van der Waals surface area (Å²) in [5.74, 6) is -0.894. The van der Waals surface area contributed by atoms with Crippen LogP contribution >= 0.6 is 0 Å². The van der Waals surface area contributed by atoms with Crippen LogP contribution in [-0.2, 0) is 28.6 Å². The molecule has 0 aromatic rings. The van der Waals surface area contributed by atoms with Gasteiger partial charge >= 0.3 is 17.9 Å². The third-order valence-corrected chi connectivity index (χ3v) is 11.1. The molecule has 0 aromatic carbocycles. The Morgan fingerprint density at radius 1 is 0.339 bits per heavy atom. The van der Waals surface area contributed by atoms with Gasteiger partial charge < -0.3 is 14.2 Å². The molecule has 0 aliphatic carbocycles. The van der Waals surface area contributed by atoms with E-state index in [2.05, 4.69) is 57.2 Å². The Morgan fingerprint density at radius 2 is 0.644 bits per heavy atom. The Morgan fingerprint density at radius 3 is 1.05 bits per heavy atom. The molecule has 6 nitrogen and oxygen atoms in total. The molecule has 0 aromatic heterocycles. The largest absolute Gasteiger partial charge is 0.462 e. The number of esters is 3. The first-order valence-electron chi connectivity index (χ1n) is 25.5. The first-order valence-corrected chi connectivity index (χ1v) is 25.5. The van der Waals surface area contributed by atoms with E-state index in [9.17, 15) is 14.4 Å². The lowest BCUT2D eigenvalue weighted by Gasteiger charge is -2.18. The van der Waals surface area contributed by atoms with Gasteiger partial charge in [-0.25, -0.2) is 0 Å². The summed E-state index contributed by atoms with van der Waals surface area (Å²) in [5, 5.41) is 0. The van der Waals surface area contributed by atoms with Crippen LogP contribution < -0.4 is 0 Å². The molecule has 344 valence electrons. The van der Waals surface area contributed by atoms with Crippen LogP contribution in [0.25, 0.3) is 0 Å². The van der Waals surface area contributed by atoms with Crippen molar-refractivity contribution in [2.45, 2.75) is 271 Å². The van der Waals surface area contributed by atoms with Crippen LogP contribution in [0.3, 0.4) is 0 Å². The molecule has 0 N–H and O–H groups in total. The van der Waals surface area contributed by atoms with Gasteiger partial charge in [0.05, 0.1) is 0 Å². The molecule has 0 saturated carbocycles. The van der Waals surface area contributed by atoms with Crippen LogP contribution in [0, 0.1) is 0 Å². The van der Waals surface area contributed by atoms with Gasteiger partial charge in [0.25, 0.3) is 0 Å². The summed E-state index contributed by atoms with van der Waals surface area (Å²) >= 11 is 0. The number of hydrogen-bond donors (Lipinski definition) is 0. The summed E-state index contributed by atoms with van der Waals surface area (Å²) in [6, 6.07) is 0. The molecule has 1 unspecified atom stereocenters. The molecule has 0 amide bonds. The molecule has 0 saturated heterocycles. The van der Waals surface area contributed by atoms with Crippen molar-refractivity contribution in [1.82, 2.24) is 0 Å². The fourth-order valence-electron chi connectivity index (χ4n) is 7.24. The highest BCUT2D eigenvalue weighted by molar-refractivity contribution is 5.71. The summed E-state index contributed by atoms with van der Waals surface area (Å²) in [6.45, 7) is 6.55. The van der Waals surface area contributed by atoms with Gasteiger partial charge in [0, 0.05) is 19.3 Å². The SMILES string of the molecule is CCC/C=C\CCCCCCCC(=O)OCC(COC(=O)CCCCCCCCCCCCCCCCCC)OC(=O)CCCCCCC/C=C\C/C=C\CCCCC. The average molecular weight is 829 g/mol. The third-order valence-electron chi connectivity index (χ3n) is 11.1. The molecule has 0 radical (unpaired) electrons. The van der Waals surface area contributed by atoms with Gasteiger partial charge in [-0.15, -0.1) is 0 Å². The number of ether oxygens (including phenoxy) is 3. The summed E-state index contributed by atoms with van der Waals surface area (Å²) in [6.07, 6.45) is 55.6. The zero-order chi connectivity index (χ0) is 43.0. The van der Waals surface area contributed by atoms with Crippen molar-refractivity contribution >= 4 is 17.9 Å². The van der Waals surface area contributed by atoms with E-state index < -0.39 is 6.10 Å². The smallest absolute Gasteiger partial charge is 0.306 e. The van der Waals surface area contributed by atoms with Crippen LogP contribution in [-0.4, -0.2) is 37.2 Å². The lowest BCUT2D eigenvalue weighted by Crippen LogP contribution is -2.30. The van der Waals surface area contributed by atoms with Gasteiger partial charge in [-0.3, -0.25) is 14.4 Å². The second-order valence-electron chi connectivity index (χ2n) is 17.1. The van der Waals surface area contributed by atoms with Crippen LogP contribution in [0.2, 0.25) is 0 Å². The minimum absolute atomic E-state index is 0.0778.